The van der Waals surface area contributed by atoms with Crippen LogP contribution in [-0.2, 0) is 0 Å². The van der Waals surface area contributed by atoms with Gasteiger partial charge >= 0.3 is 0 Å². The van der Waals surface area contributed by atoms with E-state index in [1.165, 1.54) is 76.6 Å². The van der Waals surface area contributed by atoms with Gasteiger partial charge in [0.05, 0.1) is 22.2 Å². The molecule has 224 valence electrons. The quantitative estimate of drug-likeness (QED) is 0.175. The predicted octanol–water partition coefficient (Wildman–Crippen LogP) is 12.4. The molecule has 0 N–H and O–H groups in total. The third-order valence-electron chi connectivity index (χ3n) is 9.89. The molecule has 48 heavy (non-hydrogen) atoms. The van der Waals surface area contributed by atoms with E-state index in [1.807, 2.05) is 0 Å². The van der Waals surface area contributed by atoms with Crippen molar-refractivity contribution >= 4 is 54.3 Å². The van der Waals surface area contributed by atoms with Crippen LogP contribution in [0.4, 0.5) is 0 Å². The van der Waals surface area contributed by atoms with Crippen molar-refractivity contribution in [3.8, 4) is 33.8 Å². The normalized spacial score (nSPS) is 11.8. The topological polar surface area (TPSA) is 9.86 Å². The maximum atomic E-state index is 2.46. The molecule has 0 unspecified atom stereocenters. The molecule has 2 heterocycles. The molecule has 8 aromatic carbocycles. The maximum Gasteiger partial charge on any atom is 0.0788 e. The molecular weight excluding hydrogens is 581 g/mol. The summed E-state index contributed by atoms with van der Waals surface area (Å²) in [7, 11) is 0. The lowest BCUT2D eigenvalue weighted by atomic mass is 9.97. The Balaban J connectivity index is 1.20. The molecule has 0 spiro atoms. The van der Waals surface area contributed by atoms with Gasteiger partial charge < -0.3 is 9.13 Å². The molecular formula is C46H30N2. The fraction of sp³-hybridized carbons (Fsp3) is 0. The Morgan fingerprint density at radius 1 is 0.292 bits per heavy atom. The van der Waals surface area contributed by atoms with E-state index in [2.05, 4.69) is 191 Å². The van der Waals surface area contributed by atoms with E-state index in [0.717, 1.165) is 11.4 Å². The summed E-state index contributed by atoms with van der Waals surface area (Å²) in [6.07, 6.45) is 0. The van der Waals surface area contributed by atoms with Crippen LogP contribution in [0.5, 0.6) is 0 Å². The molecule has 0 aliphatic carbocycles. The lowest BCUT2D eigenvalue weighted by Gasteiger charge is -2.15. The predicted molar refractivity (Wildman–Crippen MR) is 203 cm³/mol. The summed E-state index contributed by atoms with van der Waals surface area (Å²) in [5.41, 5.74) is 10.7. The summed E-state index contributed by atoms with van der Waals surface area (Å²) in [5, 5.41) is 8.84. The number of rotatable bonds is 4. The third-order valence-corrected chi connectivity index (χ3v) is 9.89. The van der Waals surface area contributed by atoms with E-state index in [4.69, 9.17) is 0 Å². The average Bonchev–Trinajstić information content (AvgIpc) is 3.72. The van der Waals surface area contributed by atoms with Crippen molar-refractivity contribution in [2.24, 2.45) is 0 Å². The summed E-state index contributed by atoms with van der Waals surface area (Å²) in [6.45, 7) is 0. The number of benzene rings is 8. The van der Waals surface area contributed by atoms with E-state index in [-0.39, 0.29) is 0 Å². The molecule has 0 radical (unpaired) electrons. The highest BCUT2D eigenvalue weighted by atomic mass is 15.0. The first kappa shape index (κ1) is 26.8. The van der Waals surface area contributed by atoms with Crippen molar-refractivity contribution in [1.29, 1.82) is 0 Å². The van der Waals surface area contributed by atoms with Crippen molar-refractivity contribution in [1.82, 2.24) is 9.13 Å². The molecule has 0 amide bonds. The fourth-order valence-electron chi connectivity index (χ4n) is 7.67. The minimum Gasteiger partial charge on any atom is -0.307 e. The molecule has 0 atom stereocenters. The highest BCUT2D eigenvalue weighted by Gasteiger charge is 2.21. The van der Waals surface area contributed by atoms with Crippen LogP contribution < -0.4 is 0 Å². The second-order valence-corrected chi connectivity index (χ2v) is 12.6. The van der Waals surface area contributed by atoms with Gasteiger partial charge in [-0.3, -0.25) is 0 Å². The fourth-order valence-corrected chi connectivity index (χ4v) is 7.67. The van der Waals surface area contributed by atoms with E-state index in [1.54, 1.807) is 0 Å². The van der Waals surface area contributed by atoms with Crippen LogP contribution in [0.15, 0.2) is 182 Å². The average molecular weight is 611 g/mol. The van der Waals surface area contributed by atoms with Gasteiger partial charge in [-0.05, 0) is 80.7 Å². The molecule has 0 aliphatic rings. The molecule has 0 saturated carbocycles. The van der Waals surface area contributed by atoms with Gasteiger partial charge in [-0.15, -0.1) is 0 Å². The van der Waals surface area contributed by atoms with Gasteiger partial charge in [-0.2, -0.15) is 0 Å². The van der Waals surface area contributed by atoms with Crippen LogP contribution in [0.3, 0.4) is 0 Å². The van der Waals surface area contributed by atoms with Gasteiger partial charge in [-0.1, -0.05) is 140 Å². The lowest BCUT2D eigenvalue weighted by molar-refractivity contribution is 1.12. The molecule has 10 rings (SSSR count). The first-order chi connectivity index (χ1) is 23.8. The van der Waals surface area contributed by atoms with Crippen molar-refractivity contribution in [3.63, 3.8) is 0 Å². The lowest BCUT2D eigenvalue weighted by Crippen LogP contribution is -2.00. The van der Waals surface area contributed by atoms with E-state index in [0.29, 0.717) is 0 Å². The second kappa shape index (κ2) is 10.6. The molecule has 2 aromatic heterocycles. The molecule has 0 bridgehead atoms. The maximum absolute atomic E-state index is 2.46. The van der Waals surface area contributed by atoms with E-state index >= 15 is 0 Å². The number of nitrogens with zero attached hydrogens (tertiary/aromatic N) is 2. The minimum atomic E-state index is 1.14. The van der Waals surface area contributed by atoms with Crippen molar-refractivity contribution in [3.05, 3.63) is 182 Å². The van der Waals surface area contributed by atoms with Crippen molar-refractivity contribution in [2.45, 2.75) is 0 Å². The second-order valence-electron chi connectivity index (χ2n) is 12.6. The number of hydrogen-bond acceptors (Lipinski definition) is 0. The number of aromatic nitrogens is 2. The monoisotopic (exact) mass is 610 g/mol. The third kappa shape index (κ3) is 4.06. The van der Waals surface area contributed by atoms with Crippen LogP contribution >= 0.6 is 0 Å². The van der Waals surface area contributed by atoms with E-state index < -0.39 is 0 Å². The Hall–Kier alpha value is -6.38. The molecule has 0 fully saturated rings. The molecule has 2 nitrogen and oxygen atoms in total. The summed E-state index contributed by atoms with van der Waals surface area (Å²) in [6, 6.07) is 66.2. The first-order valence-electron chi connectivity index (χ1n) is 16.5. The van der Waals surface area contributed by atoms with Gasteiger partial charge in [0, 0.05) is 27.5 Å². The molecule has 0 saturated heterocycles. The zero-order valence-electron chi connectivity index (χ0n) is 26.2. The van der Waals surface area contributed by atoms with Crippen molar-refractivity contribution in [2.75, 3.05) is 0 Å². The van der Waals surface area contributed by atoms with Crippen LogP contribution in [0.2, 0.25) is 0 Å². The minimum absolute atomic E-state index is 1.14. The standard InChI is InChI=1S/C46H30N2/c1-3-12-33(13-4-1)44-30-36-24-28-42-41-17-9-10-18-43(41)47(46(42)45(36)48(44)37-14-5-2-6-15-37)38-25-21-31(22-26-38)34-23-27-40-35(29-34)20-19-32-11-7-8-16-39(32)40/h1-30H. The Morgan fingerprint density at radius 3 is 1.73 bits per heavy atom. The van der Waals surface area contributed by atoms with Gasteiger partial charge in [0.1, 0.15) is 0 Å². The smallest absolute Gasteiger partial charge is 0.0788 e. The number of para-hydroxylation sites is 2. The van der Waals surface area contributed by atoms with Crippen LogP contribution in [-0.4, -0.2) is 9.13 Å². The summed E-state index contributed by atoms with van der Waals surface area (Å²) in [4.78, 5) is 0. The van der Waals surface area contributed by atoms with Gasteiger partial charge in [-0.25, -0.2) is 0 Å². The Bertz CT molecular complexity index is 2800. The van der Waals surface area contributed by atoms with Gasteiger partial charge in [0.25, 0.3) is 0 Å². The van der Waals surface area contributed by atoms with Crippen LogP contribution in [0.1, 0.15) is 0 Å². The Labute approximate surface area is 278 Å². The molecule has 2 heteroatoms. The highest BCUT2D eigenvalue weighted by Crippen LogP contribution is 2.41. The van der Waals surface area contributed by atoms with Gasteiger partial charge in [0.15, 0.2) is 0 Å². The van der Waals surface area contributed by atoms with Gasteiger partial charge in [0.2, 0.25) is 0 Å². The molecule has 10 aromatic rings. The SMILES string of the molecule is c1ccc(-c2cc3ccc4c5ccccc5n(-c5ccc(-c6ccc7c(ccc8ccccc87)c6)cc5)c4c3n2-c2ccccc2)cc1. The largest absolute Gasteiger partial charge is 0.307 e. The number of hydrogen-bond donors (Lipinski definition) is 0. The summed E-state index contributed by atoms with van der Waals surface area (Å²) >= 11 is 0. The first-order valence-corrected chi connectivity index (χ1v) is 16.5. The highest BCUT2D eigenvalue weighted by molar-refractivity contribution is 6.19. The van der Waals surface area contributed by atoms with Crippen molar-refractivity contribution < 1.29 is 0 Å². The Kier molecular flexibility index (Phi) is 5.91. The molecule has 0 aliphatic heterocycles. The Morgan fingerprint density at radius 2 is 0.896 bits per heavy atom. The van der Waals surface area contributed by atoms with E-state index in [9.17, 15) is 0 Å². The number of fused-ring (bicyclic) bond motifs is 8. The zero-order valence-corrected chi connectivity index (χ0v) is 26.2. The summed E-state index contributed by atoms with van der Waals surface area (Å²) < 4.78 is 4.90. The van der Waals surface area contributed by atoms with Crippen LogP contribution in [0, 0.1) is 0 Å². The van der Waals surface area contributed by atoms with Crippen LogP contribution in [0.25, 0.3) is 88.0 Å². The summed E-state index contributed by atoms with van der Waals surface area (Å²) in [5.74, 6) is 0. The zero-order chi connectivity index (χ0) is 31.6.